The monoisotopic (exact) mass is 268 g/mol. The maximum Gasteiger partial charge on any atom is 0.343 e. The molecule has 0 heterocycles. The Morgan fingerprint density at radius 3 is 2.15 bits per heavy atom. The molecule has 102 valence electrons. The summed E-state index contributed by atoms with van der Waals surface area (Å²) in [4.78, 5) is 12.0. The van der Waals surface area contributed by atoms with E-state index in [1.807, 2.05) is 26.0 Å². The third kappa shape index (κ3) is 3.03. The van der Waals surface area contributed by atoms with Gasteiger partial charge in [-0.15, -0.1) is 0 Å². The number of rotatable bonds is 3. The van der Waals surface area contributed by atoms with Crippen molar-refractivity contribution < 1.29 is 9.53 Å². The zero-order chi connectivity index (χ0) is 14.7. The zero-order valence-electron chi connectivity index (χ0n) is 11.4. The Balaban J connectivity index is 2.14. The summed E-state index contributed by atoms with van der Waals surface area (Å²) in [7, 11) is 0. The van der Waals surface area contributed by atoms with Gasteiger partial charge in [0.15, 0.2) is 0 Å². The number of amidine groups is 1. The van der Waals surface area contributed by atoms with Gasteiger partial charge in [0.05, 0.1) is 5.56 Å². The smallest absolute Gasteiger partial charge is 0.343 e. The maximum atomic E-state index is 12.0. The van der Waals surface area contributed by atoms with Gasteiger partial charge in [-0.05, 0) is 61.4 Å². The van der Waals surface area contributed by atoms with Crippen LogP contribution >= 0.6 is 0 Å². The molecule has 3 N–H and O–H groups in total. The quantitative estimate of drug-likeness (QED) is 0.389. The second kappa shape index (κ2) is 5.57. The minimum atomic E-state index is -0.399. The van der Waals surface area contributed by atoms with Crippen molar-refractivity contribution in [2.45, 2.75) is 13.8 Å². The van der Waals surface area contributed by atoms with Gasteiger partial charge in [-0.1, -0.05) is 6.07 Å². The molecule has 2 aromatic rings. The van der Waals surface area contributed by atoms with E-state index in [-0.39, 0.29) is 5.84 Å². The highest BCUT2D eigenvalue weighted by atomic mass is 16.5. The number of hydrogen-bond acceptors (Lipinski definition) is 3. The first-order valence-electron chi connectivity index (χ1n) is 6.21. The van der Waals surface area contributed by atoms with Crippen LogP contribution in [0.1, 0.15) is 27.0 Å². The van der Waals surface area contributed by atoms with Crippen LogP contribution in [0.15, 0.2) is 42.5 Å². The fraction of sp³-hybridized carbons (Fsp3) is 0.125. The fourth-order valence-corrected chi connectivity index (χ4v) is 1.74. The van der Waals surface area contributed by atoms with E-state index in [0.717, 1.165) is 11.1 Å². The summed E-state index contributed by atoms with van der Waals surface area (Å²) < 4.78 is 5.28. The molecule has 2 aromatic carbocycles. The molecule has 20 heavy (non-hydrogen) atoms. The molecule has 0 spiro atoms. The number of nitrogen functional groups attached to an aromatic ring is 1. The molecule has 2 rings (SSSR count). The Morgan fingerprint density at radius 2 is 1.60 bits per heavy atom. The van der Waals surface area contributed by atoms with E-state index in [1.54, 1.807) is 30.3 Å². The van der Waals surface area contributed by atoms with Crippen LogP contribution in [0.4, 0.5) is 0 Å². The molecule has 0 aliphatic rings. The van der Waals surface area contributed by atoms with Crippen LogP contribution in [-0.2, 0) is 0 Å². The molecule has 0 fully saturated rings. The summed E-state index contributed by atoms with van der Waals surface area (Å²) in [5.74, 6) is 0.0129. The van der Waals surface area contributed by atoms with Gasteiger partial charge < -0.3 is 10.5 Å². The molecule has 4 nitrogen and oxygen atoms in total. The van der Waals surface area contributed by atoms with Crippen molar-refractivity contribution in [1.29, 1.82) is 5.41 Å². The van der Waals surface area contributed by atoms with Crippen LogP contribution < -0.4 is 10.5 Å². The molecule has 0 unspecified atom stereocenters. The topological polar surface area (TPSA) is 76.2 Å². The Morgan fingerprint density at radius 1 is 1.00 bits per heavy atom. The lowest BCUT2D eigenvalue weighted by atomic mass is 10.1. The molecule has 0 saturated heterocycles. The van der Waals surface area contributed by atoms with E-state index < -0.39 is 5.97 Å². The second-order valence-corrected chi connectivity index (χ2v) is 4.63. The molecular weight excluding hydrogens is 252 g/mol. The zero-order valence-corrected chi connectivity index (χ0v) is 11.4. The number of carbonyl (C=O) groups is 1. The number of carbonyl (C=O) groups excluding carboxylic acids is 1. The minimum absolute atomic E-state index is 0.0166. The predicted molar refractivity (Wildman–Crippen MR) is 78.3 cm³/mol. The van der Waals surface area contributed by atoms with Crippen molar-refractivity contribution in [3.05, 3.63) is 64.7 Å². The second-order valence-electron chi connectivity index (χ2n) is 4.63. The summed E-state index contributed by atoms with van der Waals surface area (Å²) in [6.07, 6.45) is 0. The van der Waals surface area contributed by atoms with Crippen LogP contribution in [0, 0.1) is 19.3 Å². The minimum Gasteiger partial charge on any atom is -0.423 e. The van der Waals surface area contributed by atoms with Gasteiger partial charge in [0.25, 0.3) is 0 Å². The maximum absolute atomic E-state index is 12.0. The van der Waals surface area contributed by atoms with Gasteiger partial charge in [-0.25, -0.2) is 4.79 Å². The highest BCUT2D eigenvalue weighted by molar-refractivity contribution is 5.95. The SMILES string of the molecule is Cc1ccc(C(=O)Oc2ccc(C(=N)N)cc2)cc1C. The number of esters is 1. The van der Waals surface area contributed by atoms with Crippen LogP contribution in [0.25, 0.3) is 0 Å². The first-order valence-corrected chi connectivity index (χ1v) is 6.21. The van der Waals surface area contributed by atoms with E-state index in [4.69, 9.17) is 15.9 Å². The number of nitrogens with two attached hydrogens (primary N) is 1. The highest BCUT2D eigenvalue weighted by Gasteiger charge is 2.09. The fourth-order valence-electron chi connectivity index (χ4n) is 1.74. The first-order chi connectivity index (χ1) is 9.47. The summed E-state index contributed by atoms with van der Waals surface area (Å²) in [5, 5.41) is 7.30. The molecular formula is C16H16N2O2. The largest absolute Gasteiger partial charge is 0.423 e. The normalized spacial score (nSPS) is 10.1. The number of nitrogens with one attached hydrogen (secondary N) is 1. The summed E-state index contributed by atoms with van der Waals surface area (Å²) >= 11 is 0. The lowest BCUT2D eigenvalue weighted by molar-refractivity contribution is 0.0734. The van der Waals surface area contributed by atoms with E-state index in [9.17, 15) is 4.79 Å². The molecule has 0 aliphatic heterocycles. The standard InChI is InChI=1S/C16H16N2O2/c1-10-3-4-13(9-11(10)2)16(19)20-14-7-5-12(6-8-14)15(17)18/h3-9H,1-2H3,(H3,17,18). The van der Waals surface area contributed by atoms with Crippen molar-refractivity contribution in [2.75, 3.05) is 0 Å². The predicted octanol–water partition coefficient (Wildman–Crippen LogP) is 2.81. The van der Waals surface area contributed by atoms with Gasteiger partial charge in [0, 0.05) is 5.56 Å². The molecule has 0 aromatic heterocycles. The number of hydrogen-bond donors (Lipinski definition) is 2. The Hall–Kier alpha value is -2.62. The molecule has 0 amide bonds. The van der Waals surface area contributed by atoms with Gasteiger partial charge in [0.2, 0.25) is 0 Å². The van der Waals surface area contributed by atoms with Crippen molar-refractivity contribution >= 4 is 11.8 Å². The lowest BCUT2D eigenvalue weighted by Gasteiger charge is -2.07. The molecule has 0 aliphatic carbocycles. The van der Waals surface area contributed by atoms with E-state index >= 15 is 0 Å². The van der Waals surface area contributed by atoms with Crippen LogP contribution in [0.2, 0.25) is 0 Å². The van der Waals surface area contributed by atoms with Crippen LogP contribution in [0.3, 0.4) is 0 Å². The van der Waals surface area contributed by atoms with Crippen molar-refractivity contribution in [3.8, 4) is 5.75 Å². The third-order valence-electron chi connectivity index (χ3n) is 3.12. The number of aryl methyl sites for hydroxylation is 2. The van der Waals surface area contributed by atoms with E-state index in [1.165, 1.54) is 0 Å². The van der Waals surface area contributed by atoms with Crippen molar-refractivity contribution in [2.24, 2.45) is 5.73 Å². The van der Waals surface area contributed by atoms with Gasteiger partial charge in [-0.2, -0.15) is 0 Å². The molecule has 0 radical (unpaired) electrons. The van der Waals surface area contributed by atoms with E-state index in [2.05, 4.69) is 0 Å². The molecule has 0 saturated carbocycles. The Kier molecular flexibility index (Phi) is 3.84. The molecule has 0 bridgehead atoms. The average molecular weight is 268 g/mol. The molecule has 0 atom stereocenters. The summed E-state index contributed by atoms with van der Waals surface area (Å²) in [6.45, 7) is 3.94. The van der Waals surface area contributed by atoms with Gasteiger partial charge >= 0.3 is 5.97 Å². The van der Waals surface area contributed by atoms with Crippen molar-refractivity contribution in [3.63, 3.8) is 0 Å². The lowest BCUT2D eigenvalue weighted by Crippen LogP contribution is -2.11. The van der Waals surface area contributed by atoms with Gasteiger partial charge in [-0.3, -0.25) is 5.41 Å². The Labute approximate surface area is 117 Å². The van der Waals surface area contributed by atoms with Crippen LogP contribution in [0.5, 0.6) is 5.75 Å². The van der Waals surface area contributed by atoms with E-state index in [0.29, 0.717) is 16.9 Å². The molecule has 4 heteroatoms. The average Bonchev–Trinajstić information content (AvgIpc) is 2.42. The highest BCUT2D eigenvalue weighted by Crippen LogP contribution is 2.16. The summed E-state index contributed by atoms with van der Waals surface area (Å²) in [5.41, 5.74) is 8.65. The summed E-state index contributed by atoms with van der Waals surface area (Å²) in [6, 6.07) is 12.0. The van der Waals surface area contributed by atoms with Crippen molar-refractivity contribution in [1.82, 2.24) is 0 Å². The first kappa shape index (κ1) is 13.8. The third-order valence-corrected chi connectivity index (χ3v) is 3.12. The van der Waals surface area contributed by atoms with Gasteiger partial charge in [0.1, 0.15) is 11.6 Å². The van der Waals surface area contributed by atoms with Crippen LogP contribution in [-0.4, -0.2) is 11.8 Å². The Bertz CT molecular complexity index is 661. The number of benzene rings is 2. The number of ether oxygens (including phenoxy) is 1.